The summed E-state index contributed by atoms with van der Waals surface area (Å²) in [5, 5.41) is 2.15. The van der Waals surface area contributed by atoms with Gasteiger partial charge in [-0.3, -0.25) is 4.90 Å². The summed E-state index contributed by atoms with van der Waals surface area (Å²) in [6, 6.07) is 5.11. The molecule has 4 heteroatoms. The van der Waals surface area contributed by atoms with Crippen molar-refractivity contribution >= 4 is 11.3 Å². The van der Waals surface area contributed by atoms with Crippen LogP contribution in [0.1, 0.15) is 24.1 Å². The van der Waals surface area contributed by atoms with Crippen LogP contribution in [0.4, 0.5) is 0 Å². The third-order valence-corrected chi connectivity index (χ3v) is 4.52. The topological polar surface area (TPSA) is 38.5 Å². The highest BCUT2D eigenvalue weighted by Crippen LogP contribution is 2.31. The minimum Gasteiger partial charge on any atom is -0.379 e. The molecule has 0 spiro atoms. The molecule has 0 amide bonds. The van der Waals surface area contributed by atoms with Crippen molar-refractivity contribution in [3.05, 3.63) is 22.4 Å². The van der Waals surface area contributed by atoms with Gasteiger partial charge >= 0.3 is 0 Å². The molecule has 3 rings (SSSR count). The second-order valence-electron chi connectivity index (χ2n) is 5.38. The van der Waals surface area contributed by atoms with Gasteiger partial charge in [0.1, 0.15) is 0 Å². The lowest BCUT2D eigenvalue weighted by molar-refractivity contribution is 0.146. The minimum atomic E-state index is -0.111. The van der Waals surface area contributed by atoms with Crippen LogP contribution in [-0.4, -0.2) is 36.2 Å². The van der Waals surface area contributed by atoms with Gasteiger partial charge in [-0.25, -0.2) is 0 Å². The van der Waals surface area contributed by atoms with Gasteiger partial charge in [0.15, 0.2) is 0 Å². The van der Waals surface area contributed by atoms with Crippen molar-refractivity contribution in [3.8, 4) is 0 Å². The minimum absolute atomic E-state index is 0.111. The van der Waals surface area contributed by atoms with Crippen LogP contribution in [-0.2, 0) is 11.3 Å². The normalized spacial score (nSPS) is 29.1. The van der Waals surface area contributed by atoms with Gasteiger partial charge in [-0.2, -0.15) is 0 Å². The average molecular weight is 252 g/mol. The summed E-state index contributed by atoms with van der Waals surface area (Å²) >= 11 is 1.84. The van der Waals surface area contributed by atoms with Crippen LogP contribution in [0.15, 0.2) is 17.5 Å². The number of nitrogens with two attached hydrogens (primary N) is 1. The lowest BCUT2D eigenvalue weighted by atomic mass is 9.99. The first-order chi connectivity index (χ1) is 8.25. The number of hydrogen-bond acceptors (Lipinski definition) is 4. The lowest BCUT2D eigenvalue weighted by Gasteiger charge is -2.31. The molecule has 2 N–H and O–H groups in total. The Morgan fingerprint density at radius 3 is 3.00 bits per heavy atom. The molecule has 2 aliphatic rings. The van der Waals surface area contributed by atoms with Crippen LogP contribution in [0, 0.1) is 0 Å². The quantitative estimate of drug-likeness (QED) is 0.869. The van der Waals surface area contributed by atoms with E-state index in [1.54, 1.807) is 0 Å². The molecule has 3 nitrogen and oxygen atoms in total. The molecule has 1 aliphatic heterocycles. The maximum Gasteiger partial charge on any atom is 0.0659 e. The van der Waals surface area contributed by atoms with Crippen LogP contribution in [0.5, 0.6) is 0 Å². The van der Waals surface area contributed by atoms with Crippen molar-refractivity contribution in [3.63, 3.8) is 0 Å². The van der Waals surface area contributed by atoms with Crippen molar-refractivity contribution in [2.45, 2.75) is 37.4 Å². The van der Waals surface area contributed by atoms with Gasteiger partial charge in [-0.15, -0.1) is 11.3 Å². The predicted octanol–water partition coefficient (Wildman–Crippen LogP) is 1.83. The van der Waals surface area contributed by atoms with Crippen LogP contribution in [0.2, 0.25) is 0 Å². The highest BCUT2D eigenvalue weighted by atomic mass is 32.1. The summed E-state index contributed by atoms with van der Waals surface area (Å²) in [6.07, 6.45) is 3.67. The fourth-order valence-corrected chi connectivity index (χ4v) is 3.24. The first-order valence-electron chi connectivity index (χ1n) is 6.38. The van der Waals surface area contributed by atoms with Gasteiger partial charge in [-0.05, 0) is 30.7 Å². The fraction of sp³-hybridized carbons (Fsp3) is 0.692. The summed E-state index contributed by atoms with van der Waals surface area (Å²) < 4.78 is 5.45. The van der Waals surface area contributed by atoms with Crippen LogP contribution in [0.3, 0.4) is 0 Å². The number of nitrogens with zero attached hydrogens (tertiary/aromatic N) is 1. The van der Waals surface area contributed by atoms with Crippen molar-refractivity contribution in [1.29, 1.82) is 0 Å². The van der Waals surface area contributed by atoms with E-state index in [2.05, 4.69) is 22.4 Å². The Kier molecular flexibility index (Phi) is 3.21. The molecule has 17 heavy (non-hydrogen) atoms. The van der Waals surface area contributed by atoms with E-state index in [4.69, 9.17) is 10.5 Å². The molecule has 0 bridgehead atoms. The Bertz CT molecular complexity index is 356. The largest absolute Gasteiger partial charge is 0.379 e. The molecular weight excluding hydrogens is 232 g/mol. The standard InChI is InChI=1S/C13H20N2OS/c14-13(5-6-16-10-13)9-15(11-3-4-11)8-12-2-1-7-17-12/h1-2,7,11H,3-6,8-10,14H2. The Morgan fingerprint density at radius 1 is 1.53 bits per heavy atom. The molecule has 1 unspecified atom stereocenters. The molecule has 1 atom stereocenters. The molecule has 1 saturated heterocycles. The van der Waals surface area contributed by atoms with Crippen LogP contribution >= 0.6 is 11.3 Å². The van der Waals surface area contributed by atoms with E-state index in [0.717, 1.165) is 38.8 Å². The van der Waals surface area contributed by atoms with Crippen molar-refractivity contribution < 1.29 is 4.74 Å². The van der Waals surface area contributed by atoms with Crippen molar-refractivity contribution in [2.24, 2.45) is 5.73 Å². The molecule has 0 radical (unpaired) electrons. The smallest absolute Gasteiger partial charge is 0.0659 e. The van der Waals surface area contributed by atoms with Gasteiger partial charge in [0.25, 0.3) is 0 Å². The SMILES string of the molecule is NC1(CN(Cc2cccs2)C2CC2)CCOC1. The molecule has 0 aromatic carbocycles. The van der Waals surface area contributed by atoms with Gasteiger partial charge in [0, 0.05) is 30.6 Å². The lowest BCUT2D eigenvalue weighted by Crippen LogP contribution is -2.51. The van der Waals surface area contributed by atoms with Gasteiger partial charge in [-0.1, -0.05) is 6.07 Å². The van der Waals surface area contributed by atoms with E-state index in [1.807, 2.05) is 11.3 Å². The number of thiophene rings is 1. The van der Waals surface area contributed by atoms with Crippen LogP contribution in [0.25, 0.3) is 0 Å². The number of rotatable bonds is 5. The fourth-order valence-electron chi connectivity index (χ4n) is 2.51. The van der Waals surface area contributed by atoms with Gasteiger partial charge in [0.2, 0.25) is 0 Å². The molecule has 2 heterocycles. The molecule has 1 aromatic rings. The molecule has 1 aliphatic carbocycles. The Hall–Kier alpha value is -0.420. The first-order valence-corrected chi connectivity index (χ1v) is 7.26. The highest BCUT2D eigenvalue weighted by Gasteiger charge is 2.37. The Labute approximate surface area is 107 Å². The van der Waals surface area contributed by atoms with Crippen molar-refractivity contribution in [2.75, 3.05) is 19.8 Å². The summed E-state index contributed by atoms with van der Waals surface area (Å²) in [5.74, 6) is 0. The summed E-state index contributed by atoms with van der Waals surface area (Å²) in [4.78, 5) is 4.00. The van der Waals surface area contributed by atoms with E-state index in [-0.39, 0.29) is 5.54 Å². The third-order valence-electron chi connectivity index (χ3n) is 3.65. The van der Waals surface area contributed by atoms with Gasteiger partial charge < -0.3 is 10.5 Å². The molecular formula is C13H20N2OS. The van der Waals surface area contributed by atoms with E-state index < -0.39 is 0 Å². The monoisotopic (exact) mass is 252 g/mol. The average Bonchev–Trinajstić information content (AvgIpc) is 2.88. The highest BCUT2D eigenvalue weighted by molar-refractivity contribution is 7.09. The molecule has 2 fully saturated rings. The second-order valence-corrected chi connectivity index (χ2v) is 6.41. The van der Waals surface area contributed by atoms with Gasteiger partial charge in [0.05, 0.1) is 12.1 Å². The van der Waals surface area contributed by atoms with Crippen LogP contribution < -0.4 is 5.73 Å². The Balaban J connectivity index is 1.64. The van der Waals surface area contributed by atoms with Crippen molar-refractivity contribution in [1.82, 2.24) is 4.90 Å². The zero-order chi connectivity index (χ0) is 11.7. The summed E-state index contributed by atoms with van der Waals surface area (Å²) in [6.45, 7) is 3.59. The zero-order valence-corrected chi connectivity index (χ0v) is 10.9. The van der Waals surface area contributed by atoms with E-state index in [9.17, 15) is 0 Å². The third kappa shape index (κ3) is 2.88. The molecule has 1 saturated carbocycles. The second kappa shape index (κ2) is 4.69. The Morgan fingerprint density at radius 2 is 2.41 bits per heavy atom. The predicted molar refractivity (Wildman–Crippen MR) is 70.1 cm³/mol. The maximum absolute atomic E-state index is 6.39. The number of ether oxygens (including phenoxy) is 1. The summed E-state index contributed by atoms with van der Waals surface area (Å²) in [5.41, 5.74) is 6.28. The zero-order valence-electron chi connectivity index (χ0n) is 10.1. The van der Waals surface area contributed by atoms with E-state index in [0.29, 0.717) is 0 Å². The van der Waals surface area contributed by atoms with E-state index in [1.165, 1.54) is 17.7 Å². The number of hydrogen-bond donors (Lipinski definition) is 1. The summed E-state index contributed by atoms with van der Waals surface area (Å²) in [7, 11) is 0. The molecule has 94 valence electrons. The van der Waals surface area contributed by atoms with E-state index >= 15 is 0 Å². The first kappa shape index (κ1) is 11.7. The maximum atomic E-state index is 6.39. The molecule has 1 aromatic heterocycles.